The van der Waals surface area contributed by atoms with Crippen molar-refractivity contribution in [1.82, 2.24) is 9.97 Å². The molecule has 1 aromatic heterocycles. The average molecular weight is 307 g/mol. The second kappa shape index (κ2) is 5.95. The molecule has 0 bridgehead atoms. The van der Waals surface area contributed by atoms with Crippen molar-refractivity contribution in [2.75, 3.05) is 5.43 Å². The van der Waals surface area contributed by atoms with Gasteiger partial charge < -0.3 is 5.43 Å². The van der Waals surface area contributed by atoms with Gasteiger partial charge in [0.15, 0.2) is 5.82 Å². The number of anilines is 1. The molecule has 0 radical (unpaired) electrons. The summed E-state index contributed by atoms with van der Waals surface area (Å²) < 4.78 is 13.6. The topological polar surface area (TPSA) is 63.8 Å². The number of hydrogen-bond acceptors (Lipinski definition) is 4. The van der Waals surface area contributed by atoms with Crippen LogP contribution in [0.15, 0.2) is 18.2 Å². The van der Waals surface area contributed by atoms with Gasteiger partial charge in [-0.1, -0.05) is 18.0 Å². The first-order valence-corrected chi connectivity index (χ1v) is 7.38. The summed E-state index contributed by atoms with van der Waals surface area (Å²) in [7, 11) is 0. The molecule has 4 nitrogen and oxygen atoms in total. The van der Waals surface area contributed by atoms with Gasteiger partial charge in [0.25, 0.3) is 0 Å². The molecule has 110 valence electrons. The van der Waals surface area contributed by atoms with E-state index in [1.165, 1.54) is 18.6 Å². The van der Waals surface area contributed by atoms with Crippen molar-refractivity contribution in [2.45, 2.75) is 32.1 Å². The lowest BCUT2D eigenvalue weighted by Gasteiger charge is -2.13. The Kier molecular flexibility index (Phi) is 4.03. The minimum Gasteiger partial charge on any atom is -0.308 e. The summed E-state index contributed by atoms with van der Waals surface area (Å²) in [5.41, 5.74) is 5.32. The van der Waals surface area contributed by atoms with Crippen molar-refractivity contribution in [3.05, 3.63) is 40.3 Å². The van der Waals surface area contributed by atoms with E-state index >= 15 is 0 Å². The number of halogens is 2. The van der Waals surface area contributed by atoms with Crippen molar-refractivity contribution in [3.63, 3.8) is 0 Å². The maximum atomic E-state index is 13.6. The second-order valence-corrected chi connectivity index (χ2v) is 5.56. The van der Waals surface area contributed by atoms with Gasteiger partial charge in [0.2, 0.25) is 0 Å². The lowest BCUT2D eigenvalue weighted by atomic mass is 10.1. The van der Waals surface area contributed by atoms with Crippen LogP contribution in [0, 0.1) is 5.82 Å². The molecule has 1 heterocycles. The number of aryl methyl sites for hydroxylation is 1. The molecule has 1 aliphatic carbocycles. The summed E-state index contributed by atoms with van der Waals surface area (Å²) in [6, 6.07) is 4.57. The van der Waals surface area contributed by atoms with Gasteiger partial charge in [0.1, 0.15) is 11.6 Å². The zero-order valence-electron chi connectivity index (χ0n) is 11.5. The highest BCUT2D eigenvalue weighted by Gasteiger charge is 2.17. The van der Waals surface area contributed by atoms with E-state index in [9.17, 15) is 4.39 Å². The fourth-order valence-corrected chi connectivity index (χ4v) is 2.77. The molecule has 0 unspecified atom stereocenters. The smallest absolute Gasteiger partial charge is 0.161 e. The fraction of sp³-hybridized carbons (Fsp3) is 0.333. The molecule has 2 aromatic rings. The van der Waals surface area contributed by atoms with E-state index in [4.69, 9.17) is 17.4 Å². The molecule has 1 aliphatic rings. The summed E-state index contributed by atoms with van der Waals surface area (Å²) in [4.78, 5) is 9.04. The zero-order valence-corrected chi connectivity index (χ0v) is 12.3. The SMILES string of the molecule is NNc1nc(-c2ccc(Cl)c(F)c2)nc2c1CCCCC2. The lowest BCUT2D eigenvalue weighted by Crippen LogP contribution is -2.14. The third-order valence-corrected chi connectivity index (χ3v) is 4.05. The van der Waals surface area contributed by atoms with E-state index in [0.717, 1.165) is 36.9 Å². The minimum atomic E-state index is -0.477. The Morgan fingerprint density at radius 3 is 2.71 bits per heavy atom. The van der Waals surface area contributed by atoms with E-state index in [2.05, 4.69) is 15.4 Å². The van der Waals surface area contributed by atoms with Gasteiger partial charge in [-0.25, -0.2) is 20.2 Å². The molecule has 0 spiro atoms. The number of nitrogens with two attached hydrogens (primary N) is 1. The van der Waals surface area contributed by atoms with Gasteiger partial charge in [-0.05, 0) is 43.9 Å². The van der Waals surface area contributed by atoms with Crippen LogP contribution >= 0.6 is 11.6 Å². The molecule has 1 aromatic carbocycles. The van der Waals surface area contributed by atoms with E-state index in [-0.39, 0.29) is 5.02 Å². The average Bonchev–Trinajstić information content (AvgIpc) is 2.74. The Balaban J connectivity index is 2.10. The van der Waals surface area contributed by atoms with Crippen molar-refractivity contribution in [3.8, 4) is 11.4 Å². The quantitative estimate of drug-likeness (QED) is 0.506. The molecule has 6 heteroatoms. The summed E-state index contributed by atoms with van der Waals surface area (Å²) in [5, 5.41) is 0.0886. The van der Waals surface area contributed by atoms with Crippen LogP contribution in [-0.2, 0) is 12.8 Å². The zero-order chi connectivity index (χ0) is 14.8. The van der Waals surface area contributed by atoms with Gasteiger partial charge in [-0.3, -0.25) is 0 Å². The van der Waals surface area contributed by atoms with Crippen LogP contribution in [0.1, 0.15) is 30.5 Å². The number of benzene rings is 1. The van der Waals surface area contributed by atoms with Gasteiger partial charge in [0.05, 0.1) is 5.02 Å². The number of rotatable bonds is 2. The predicted octanol–water partition coefficient (Wildman–Crippen LogP) is 3.49. The van der Waals surface area contributed by atoms with E-state index < -0.39 is 5.82 Å². The minimum absolute atomic E-state index is 0.0886. The van der Waals surface area contributed by atoms with Crippen LogP contribution in [0.4, 0.5) is 10.2 Å². The first-order valence-electron chi connectivity index (χ1n) is 7.01. The number of aromatic nitrogens is 2. The molecule has 0 saturated carbocycles. The molecule has 0 atom stereocenters. The Morgan fingerprint density at radius 1 is 1.14 bits per heavy atom. The molecular weight excluding hydrogens is 291 g/mol. The van der Waals surface area contributed by atoms with Crippen LogP contribution in [0.3, 0.4) is 0 Å². The highest BCUT2D eigenvalue weighted by Crippen LogP contribution is 2.28. The normalized spacial score (nSPS) is 14.4. The Morgan fingerprint density at radius 2 is 1.95 bits per heavy atom. The summed E-state index contributed by atoms with van der Waals surface area (Å²) in [6.45, 7) is 0. The largest absolute Gasteiger partial charge is 0.308 e. The molecule has 0 amide bonds. The Labute approximate surface area is 127 Å². The summed E-state index contributed by atoms with van der Waals surface area (Å²) in [5.74, 6) is 6.22. The van der Waals surface area contributed by atoms with Crippen LogP contribution in [0.5, 0.6) is 0 Å². The van der Waals surface area contributed by atoms with Gasteiger partial charge in [0, 0.05) is 16.8 Å². The first-order chi connectivity index (χ1) is 10.2. The summed E-state index contributed by atoms with van der Waals surface area (Å²) in [6.07, 6.45) is 5.20. The molecule has 21 heavy (non-hydrogen) atoms. The van der Waals surface area contributed by atoms with Crippen molar-refractivity contribution >= 4 is 17.4 Å². The van der Waals surface area contributed by atoms with Crippen LogP contribution in [-0.4, -0.2) is 9.97 Å². The maximum Gasteiger partial charge on any atom is 0.161 e. The predicted molar refractivity (Wildman–Crippen MR) is 81.5 cm³/mol. The fourth-order valence-electron chi connectivity index (χ4n) is 2.65. The van der Waals surface area contributed by atoms with Gasteiger partial charge >= 0.3 is 0 Å². The highest BCUT2D eigenvalue weighted by molar-refractivity contribution is 6.30. The second-order valence-electron chi connectivity index (χ2n) is 5.15. The van der Waals surface area contributed by atoms with Crippen LogP contribution in [0.2, 0.25) is 5.02 Å². The van der Waals surface area contributed by atoms with E-state index in [0.29, 0.717) is 17.2 Å². The van der Waals surface area contributed by atoms with Gasteiger partial charge in [-0.2, -0.15) is 0 Å². The highest BCUT2D eigenvalue weighted by atomic mass is 35.5. The Hall–Kier alpha value is -1.72. The first kappa shape index (κ1) is 14.2. The van der Waals surface area contributed by atoms with E-state index in [1.807, 2.05) is 0 Å². The molecule has 3 N–H and O–H groups in total. The summed E-state index contributed by atoms with van der Waals surface area (Å²) >= 11 is 5.72. The molecule has 3 rings (SSSR count). The monoisotopic (exact) mass is 306 g/mol. The number of nitrogens with one attached hydrogen (secondary N) is 1. The maximum absolute atomic E-state index is 13.6. The number of hydrazine groups is 1. The van der Waals surface area contributed by atoms with Gasteiger partial charge in [-0.15, -0.1) is 0 Å². The lowest BCUT2D eigenvalue weighted by molar-refractivity contribution is 0.628. The standard InChI is InChI=1S/C15H16ClFN4/c16-11-7-6-9(8-12(11)17)14-19-13-5-3-1-2-4-10(13)15(20-14)21-18/h6-8H,1-5,18H2,(H,19,20,21). The molecular formula is C15H16ClFN4. The number of nitrogen functional groups attached to an aromatic ring is 1. The Bertz CT molecular complexity index is 675. The third-order valence-electron chi connectivity index (χ3n) is 3.75. The molecule has 0 saturated heterocycles. The van der Waals surface area contributed by atoms with Crippen molar-refractivity contribution in [2.24, 2.45) is 5.84 Å². The van der Waals surface area contributed by atoms with Crippen LogP contribution < -0.4 is 11.3 Å². The van der Waals surface area contributed by atoms with E-state index in [1.54, 1.807) is 6.07 Å². The molecule has 0 fully saturated rings. The van der Waals surface area contributed by atoms with Crippen molar-refractivity contribution < 1.29 is 4.39 Å². The van der Waals surface area contributed by atoms with Crippen LogP contribution in [0.25, 0.3) is 11.4 Å². The third kappa shape index (κ3) is 2.84. The van der Waals surface area contributed by atoms with Crippen molar-refractivity contribution in [1.29, 1.82) is 0 Å². The molecule has 0 aliphatic heterocycles. The number of nitrogens with zero attached hydrogens (tertiary/aromatic N) is 2. The number of hydrogen-bond donors (Lipinski definition) is 2. The number of fused-ring (bicyclic) bond motifs is 1.